The van der Waals surface area contributed by atoms with Crippen molar-refractivity contribution in [1.29, 1.82) is 5.26 Å². The lowest BCUT2D eigenvalue weighted by Gasteiger charge is -2.12. The summed E-state index contributed by atoms with van der Waals surface area (Å²) in [5.74, 6) is 2.05. The van der Waals surface area contributed by atoms with Gasteiger partial charge in [-0.1, -0.05) is 54.6 Å². The highest BCUT2D eigenvalue weighted by molar-refractivity contribution is 5.89. The van der Waals surface area contributed by atoms with Gasteiger partial charge in [-0.25, -0.2) is 0 Å². The van der Waals surface area contributed by atoms with Gasteiger partial charge in [0.05, 0.1) is 18.8 Å². The number of allylic oxidation sites excluding steroid dienone is 1. The molecular formula is C24H21NO3. The fraction of sp³-hybridized carbons (Fsp3) is 0.125. The number of nitriles is 1. The molecule has 0 radical (unpaired) electrons. The van der Waals surface area contributed by atoms with Crippen LogP contribution in [0.1, 0.15) is 11.1 Å². The van der Waals surface area contributed by atoms with Crippen molar-refractivity contribution in [3.8, 4) is 23.3 Å². The van der Waals surface area contributed by atoms with Crippen LogP contribution in [0, 0.1) is 11.3 Å². The summed E-state index contributed by atoms with van der Waals surface area (Å²) in [7, 11) is 1.60. The maximum absolute atomic E-state index is 9.47. The third-order valence-electron chi connectivity index (χ3n) is 4.06. The van der Waals surface area contributed by atoms with Crippen LogP contribution < -0.4 is 14.2 Å². The van der Waals surface area contributed by atoms with Crippen molar-refractivity contribution in [2.24, 2.45) is 0 Å². The van der Waals surface area contributed by atoms with Gasteiger partial charge in [-0.15, -0.1) is 0 Å². The Morgan fingerprint density at radius 3 is 2.21 bits per heavy atom. The van der Waals surface area contributed by atoms with Crippen LogP contribution in [0.15, 0.2) is 78.9 Å². The molecule has 0 aliphatic rings. The van der Waals surface area contributed by atoms with E-state index >= 15 is 0 Å². The number of hydrogen-bond donors (Lipinski definition) is 0. The molecule has 3 aromatic carbocycles. The van der Waals surface area contributed by atoms with Crippen molar-refractivity contribution in [2.75, 3.05) is 20.3 Å². The van der Waals surface area contributed by atoms with E-state index in [9.17, 15) is 5.26 Å². The Bertz CT molecular complexity index is 960. The van der Waals surface area contributed by atoms with Crippen molar-refractivity contribution in [1.82, 2.24) is 0 Å². The van der Waals surface area contributed by atoms with E-state index in [1.54, 1.807) is 7.11 Å². The Morgan fingerprint density at radius 1 is 0.857 bits per heavy atom. The van der Waals surface area contributed by atoms with Crippen molar-refractivity contribution >= 4 is 11.6 Å². The first-order chi connectivity index (χ1) is 13.8. The third kappa shape index (κ3) is 5.15. The Hall–Kier alpha value is -3.71. The van der Waals surface area contributed by atoms with Gasteiger partial charge in [0.15, 0.2) is 11.5 Å². The fourth-order valence-electron chi connectivity index (χ4n) is 2.69. The van der Waals surface area contributed by atoms with Crippen LogP contribution in [-0.2, 0) is 0 Å². The number of rotatable bonds is 8. The largest absolute Gasteiger partial charge is 0.493 e. The molecule has 3 rings (SSSR count). The van der Waals surface area contributed by atoms with E-state index in [-0.39, 0.29) is 0 Å². The monoisotopic (exact) mass is 371 g/mol. The number of methoxy groups -OCH3 is 1. The molecule has 0 aliphatic carbocycles. The van der Waals surface area contributed by atoms with Gasteiger partial charge in [0.1, 0.15) is 19.0 Å². The highest BCUT2D eigenvalue weighted by Crippen LogP contribution is 2.30. The van der Waals surface area contributed by atoms with Gasteiger partial charge in [-0.2, -0.15) is 5.26 Å². The van der Waals surface area contributed by atoms with Crippen LogP contribution in [0.2, 0.25) is 0 Å². The van der Waals surface area contributed by atoms with Gasteiger partial charge in [-0.05, 0) is 41.5 Å². The summed E-state index contributed by atoms with van der Waals surface area (Å²) < 4.78 is 16.9. The highest BCUT2D eigenvalue weighted by Gasteiger charge is 2.07. The summed E-state index contributed by atoms with van der Waals surface area (Å²) in [4.78, 5) is 0. The number of benzene rings is 3. The summed E-state index contributed by atoms with van der Waals surface area (Å²) in [6.07, 6.45) is 1.83. The Balaban J connectivity index is 1.66. The quantitative estimate of drug-likeness (QED) is 0.310. The minimum Gasteiger partial charge on any atom is -0.493 e. The van der Waals surface area contributed by atoms with E-state index in [0.717, 1.165) is 16.9 Å². The van der Waals surface area contributed by atoms with Crippen molar-refractivity contribution in [2.45, 2.75) is 0 Å². The molecule has 0 amide bonds. The van der Waals surface area contributed by atoms with Crippen LogP contribution in [0.4, 0.5) is 0 Å². The standard InChI is InChI=1S/C24H21NO3/c1-26-24-17-19(16-21(18-25)20-8-4-2-5-9-20)12-13-23(24)28-15-14-27-22-10-6-3-7-11-22/h2-13,16-17H,14-15H2,1H3/b21-16-. The average Bonchev–Trinajstić information content (AvgIpc) is 2.77. The summed E-state index contributed by atoms with van der Waals surface area (Å²) in [5.41, 5.74) is 2.33. The first kappa shape index (κ1) is 19.1. The molecule has 4 heteroatoms. The van der Waals surface area contributed by atoms with Crippen molar-refractivity contribution < 1.29 is 14.2 Å². The molecule has 0 saturated carbocycles. The molecule has 0 fully saturated rings. The molecule has 0 bridgehead atoms. The summed E-state index contributed by atoms with van der Waals surface area (Å²) in [6.45, 7) is 0.829. The van der Waals surface area contributed by atoms with Crippen LogP contribution in [-0.4, -0.2) is 20.3 Å². The Kier molecular flexibility index (Phi) is 6.70. The SMILES string of the molecule is COc1cc(/C=C(/C#N)c2ccccc2)ccc1OCCOc1ccccc1. The number of hydrogen-bond acceptors (Lipinski definition) is 4. The molecule has 4 nitrogen and oxygen atoms in total. The fourth-order valence-corrected chi connectivity index (χ4v) is 2.69. The molecule has 0 unspecified atom stereocenters. The Morgan fingerprint density at radius 2 is 1.54 bits per heavy atom. The predicted octanol–water partition coefficient (Wildman–Crippen LogP) is 5.22. The molecule has 140 valence electrons. The van der Waals surface area contributed by atoms with E-state index in [1.807, 2.05) is 84.9 Å². The summed E-state index contributed by atoms with van der Waals surface area (Å²) in [6, 6.07) is 27.0. The van der Waals surface area contributed by atoms with Gasteiger partial charge in [0.2, 0.25) is 0 Å². The number of nitrogens with zero attached hydrogens (tertiary/aromatic N) is 1. The smallest absolute Gasteiger partial charge is 0.161 e. The maximum Gasteiger partial charge on any atom is 0.161 e. The lowest BCUT2D eigenvalue weighted by molar-refractivity contribution is 0.211. The van der Waals surface area contributed by atoms with Crippen LogP contribution >= 0.6 is 0 Å². The number of ether oxygens (including phenoxy) is 3. The second-order valence-electron chi connectivity index (χ2n) is 5.96. The zero-order valence-electron chi connectivity index (χ0n) is 15.7. The second-order valence-corrected chi connectivity index (χ2v) is 5.96. The molecule has 0 heterocycles. The van der Waals surface area contributed by atoms with Gasteiger partial charge in [-0.3, -0.25) is 0 Å². The molecular weight excluding hydrogens is 350 g/mol. The Labute approximate surface area is 165 Å². The van der Waals surface area contributed by atoms with E-state index in [4.69, 9.17) is 14.2 Å². The van der Waals surface area contributed by atoms with Crippen LogP contribution in [0.5, 0.6) is 17.2 Å². The van der Waals surface area contributed by atoms with Gasteiger partial charge in [0, 0.05) is 0 Å². The molecule has 0 aliphatic heterocycles. The van der Waals surface area contributed by atoms with E-state index in [2.05, 4.69) is 6.07 Å². The summed E-state index contributed by atoms with van der Waals surface area (Å²) in [5, 5.41) is 9.47. The zero-order valence-corrected chi connectivity index (χ0v) is 15.7. The van der Waals surface area contributed by atoms with E-state index in [0.29, 0.717) is 30.3 Å². The molecule has 0 N–H and O–H groups in total. The third-order valence-corrected chi connectivity index (χ3v) is 4.06. The van der Waals surface area contributed by atoms with Gasteiger partial charge in [0.25, 0.3) is 0 Å². The van der Waals surface area contributed by atoms with E-state index < -0.39 is 0 Å². The second kappa shape index (κ2) is 9.84. The predicted molar refractivity (Wildman–Crippen MR) is 110 cm³/mol. The topological polar surface area (TPSA) is 51.5 Å². The van der Waals surface area contributed by atoms with Crippen LogP contribution in [0.3, 0.4) is 0 Å². The highest BCUT2D eigenvalue weighted by atomic mass is 16.5. The molecule has 0 aromatic heterocycles. The molecule has 3 aromatic rings. The lowest BCUT2D eigenvalue weighted by atomic mass is 10.0. The minimum absolute atomic E-state index is 0.397. The van der Waals surface area contributed by atoms with Gasteiger partial charge >= 0.3 is 0 Å². The van der Waals surface area contributed by atoms with E-state index in [1.165, 1.54) is 0 Å². The molecule has 0 atom stereocenters. The zero-order chi connectivity index (χ0) is 19.6. The average molecular weight is 371 g/mol. The van der Waals surface area contributed by atoms with Crippen molar-refractivity contribution in [3.63, 3.8) is 0 Å². The molecule has 0 spiro atoms. The molecule has 0 saturated heterocycles. The molecule has 28 heavy (non-hydrogen) atoms. The summed E-state index contributed by atoms with van der Waals surface area (Å²) >= 11 is 0. The van der Waals surface area contributed by atoms with Gasteiger partial charge < -0.3 is 14.2 Å². The maximum atomic E-state index is 9.47. The normalized spacial score (nSPS) is 10.8. The van der Waals surface area contributed by atoms with Crippen molar-refractivity contribution in [3.05, 3.63) is 90.0 Å². The lowest BCUT2D eigenvalue weighted by Crippen LogP contribution is -2.09. The van der Waals surface area contributed by atoms with Crippen LogP contribution in [0.25, 0.3) is 11.6 Å². The first-order valence-electron chi connectivity index (χ1n) is 8.96. The number of para-hydroxylation sites is 1. The minimum atomic E-state index is 0.397. The first-order valence-corrected chi connectivity index (χ1v) is 8.96.